The fourth-order valence-electron chi connectivity index (χ4n) is 1.45. The SMILES string of the molecule is CC(C)c1ccc(Oc2ccccn2)cc1. The van der Waals surface area contributed by atoms with E-state index in [2.05, 4.69) is 31.0 Å². The monoisotopic (exact) mass is 213 g/mol. The maximum absolute atomic E-state index is 5.60. The highest BCUT2D eigenvalue weighted by atomic mass is 16.5. The van der Waals surface area contributed by atoms with E-state index in [9.17, 15) is 0 Å². The molecule has 1 heterocycles. The maximum atomic E-state index is 5.60. The molecule has 2 nitrogen and oxygen atoms in total. The van der Waals surface area contributed by atoms with Crippen molar-refractivity contribution < 1.29 is 4.74 Å². The summed E-state index contributed by atoms with van der Waals surface area (Å²) in [6.45, 7) is 4.35. The summed E-state index contributed by atoms with van der Waals surface area (Å²) in [7, 11) is 0. The Morgan fingerprint density at radius 3 is 2.31 bits per heavy atom. The Balaban J connectivity index is 2.11. The molecule has 0 spiro atoms. The predicted molar refractivity (Wildman–Crippen MR) is 64.8 cm³/mol. The third-order valence-corrected chi connectivity index (χ3v) is 2.41. The molecular weight excluding hydrogens is 198 g/mol. The summed E-state index contributed by atoms with van der Waals surface area (Å²) in [5.41, 5.74) is 1.31. The molecule has 0 aliphatic heterocycles. The summed E-state index contributed by atoms with van der Waals surface area (Å²) < 4.78 is 5.60. The van der Waals surface area contributed by atoms with E-state index in [1.165, 1.54) is 5.56 Å². The fourth-order valence-corrected chi connectivity index (χ4v) is 1.45. The number of ether oxygens (including phenoxy) is 1. The normalized spacial score (nSPS) is 10.4. The third-order valence-electron chi connectivity index (χ3n) is 2.41. The largest absolute Gasteiger partial charge is 0.439 e. The first-order valence-electron chi connectivity index (χ1n) is 5.44. The van der Waals surface area contributed by atoms with Gasteiger partial charge in [0.25, 0.3) is 0 Å². The van der Waals surface area contributed by atoms with E-state index in [4.69, 9.17) is 4.74 Å². The van der Waals surface area contributed by atoms with Gasteiger partial charge < -0.3 is 4.74 Å². The van der Waals surface area contributed by atoms with E-state index in [0.29, 0.717) is 11.8 Å². The van der Waals surface area contributed by atoms with Crippen LogP contribution in [0.15, 0.2) is 48.7 Å². The molecule has 0 N–H and O–H groups in total. The van der Waals surface area contributed by atoms with Crippen LogP contribution in [0.3, 0.4) is 0 Å². The quantitative estimate of drug-likeness (QED) is 0.768. The van der Waals surface area contributed by atoms with Gasteiger partial charge in [-0.25, -0.2) is 4.98 Å². The number of nitrogens with zero attached hydrogens (tertiary/aromatic N) is 1. The van der Waals surface area contributed by atoms with Crippen molar-refractivity contribution in [3.05, 3.63) is 54.2 Å². The van der Waals surface area contributed by atoms with Gasteiger partial charge in [-0.2, -0.15) is 0 Å². The van der Waals surface area contributed by atoms with Crippen LogP contribution in [-0.4, -0.2) is 4.98 Å². The smallest absolute Gasteiger partial charge is 0.219 e. The molecule has 0 saturated heterocycles. The summed E-state index contributed by atoms with van der Waals surface area (Å²) in [5, 5.41) is 0. The van der Waals surface area contributed by atoms with Crippen molar-refractivity contribution in [2.24, 2.45) is 0 Å². The molecule has 1 aromatic carbocycles. The molecule has 0 atom stereocenters. The van der Waals surface area contributed by atoms with E-state index >= 15 is 0 Å². The van der Waals surface area contributed by atoms with Crippen LogP contribution in [0.2, 0.25) is 0 Å². The van der Waals surface area contributed by atoms with Crippen LogP contribution in [0.5, 0.6) is 11.6 Å². The van der Waals surface area contributed by atoms with Crippen LogP contribution in [0, 0.1) is 0 Å². The average molecular weight is 213 g/mol. The van der Waals surface area contributed by atoms with E-state index in [1.54, 1.807) is 6.20 Å². The second kappa shape index (κ2) is 4.79. The van der Waals surface area contributed by atoms with Crippen LogP contribution >= 0.6 is 0 Å². The number of aromatic nitrogens is 1. The topological polar surface area (TPSA) is 22.1 Å². The second-order valence-electron chi connectivity index (χ2n) is 3.99. The standard InChI is InChI=1S/C14H15NO/c1-11(2)12-6-8-13(9-7-12)16-14-5-3-4-10-15-14/h3-11H,1-2H3. The first-order chi connectivity index (χ1) is 7.75. The van der Waals surface area contributed by atoms with Gasteiger partial charge in [0.05, 0.1) is 0 Å². The third kappa shape index (κ3) is 2.60. The highest BCUT2D eigenvalue weighted by molar-refractivity contribution is 5.31. The molecule has 0 aliphatic carbocycles. The molecule has 0 unspecified atom stereocenters. The minimum absolute atomic E-state index is 0.545. The summed E-state index contributed by atoms with van der Waals surface area (Å²) >= 11 is 0. The second-order valence-corrected chi connectivity index (χ2v) is 3.99. The highest BCUT2D eigenvalue weighted by Crippen LogP contribution is 2.22. The van der Waals surface area contributed by atoms with Crippen molar-refractivity contribution in [1.29, 1.82) is 0 Å². The summed E-state index contributed by atoms with van der Waals surface area (Å²) in [5.74, 6) is 1.99. The molecule has 0 saturated carbocycles. The molecule has 1 aromatic heterocycles. The molecule has 2 heteroatoms. The number of rotatable bonds is 3. The van der Waals surface area contributed by atoms with E-state index in [0.717, 1.165) is 5.75 Å². The van der Waals surface area contributed by atoms with Crippen LogP contribution in [0.25, 0.3) is 0 Å². The van der Waals surface area contributed by atoms with Gasteiger partial charge in [0.1, 0.15) is 5.75 Å². The van der Waals surface area contributed by atoms with Crippen molar-refractivity contribution in [2.45, 2.75) is 19.8 Å². The first-order valence-corrected chi connectivity index (χ1v) is 5.44. The van der Waals surface area contributed by atoms with E-state index < -0.39 is 0 Å². The zero-order valence-corrected chi connectivity index (χ0v) is 9.55. The van der Waals surface area contributed by atoms with Gasteiger partial charge in [-0.15, -0.1) is 0 Å². The summed E-state index contributed by atoms with van der Waals surface area (Å²) in [4.78, 5) is 4.11. The number of benzene rings is 1. The van der Waals surface area contributed by atoms with Gasteiger partial charge in [0.2, 0.25) is 5.88 Å². The lowest BCUT2D eigenvalue weighted by atomic mass is 10.0. The molecule has 0 amide bonds. The van der Waals surface area contributed by atoms with Crippen LogP contribution in [0.1, 0.15) is 25.3 Å². The number of hydrogen-bond acceptors (Lipinski definition) is 2. The average Bonchev–Trinajstić information content (AvgIpc) is 2.31. The zero-order valence-electron chi connectivity index (χ0n) is 9.55. The molecule has 2 rings (SSSR count). The molecule has 0 fully saturated rings. The molecule has 0 aliphatic rings. The summed E-state index contributed by atoms with van der Waals surface area (Å²) in [6, 6.07) is 13.7. The van der Waals surface area contributed by atoms with Crippen LogP contribution in [0.4, 0.5) is 0 Å². The molecular formula is C14H15NO. The van der Waals surface area contributed by atoms with E-state index in [-0.39, 0.29) is 0 Å². The molecule has 16 heavy (non-hydrogen) atoms. The first kappa shape index (κ1) is 10.7. The maximum Gasteiger partial charge on any atom is 0.219 e. The van der Waals surface area contributed by atoms with Crippen molar-refractivity contribution in [1.82, 2.24) is 4.98 Å². The van der Waals surface area contributed by atoms with Crippen molar-refractivity contribution in [3.63, 3.8) is 0 Å². The Morgan fingerprint density at radius 2 is 1.75 bits per heavy atom. The van der Waals surface area contributed by atoms with Crippen molar-refractivity contribution in [3.8, 4) is 11.6 Å². The molecule has 2 aromatic rings. The van der Waals surface area contributed by atoms with E-state index in [1.807, 2.05) is 30.3 Å². The Hall–Kier alpha value is -1.83. The van der Waals surface area contributed by atoms with Crippen LogP contribution < -0.4 is 4.74 Å². The number of pyridine rings is 1. The molecule has 0 radical (unpaired) electrons. The Bertz CT molecular complexity index is 434. The highest BCUT2D eigenvalue weighted by Gasteiger charge is 2.00. The fraction of sp³-hybridized carbons (Fsp3) is 0.214. The Kier molecular flexibility index (Phi) is 3.20. The van der Waals surface area contributed by atoms with Crippen molar-refractivity contribution >= 4 is 0 Å². The zero-order chi connectivity index (χ0) is 11.4. The van der Waals surface area contributed by atoms with Crippen LogP contribution in [-0.2, 0) is 0 Å². The Morgan fingerprint density at radius 1 is 1.00 bits per heavy atom. The minimum atomic E-state index is 0.545. The lowest BCUT2D eigenvalue weighted by molar-refractivity contribution is 0.462. The van der Waals surface area contributed by atoms with Gasteiger partial charge in [0.15, 0.2) is 0 Å². The van der Waals surface area contributed by atoms with Gasteiger partial charge in [-0.1, -0.05) is 32.0 Å². The number of hydrogen-bond donors (Lipinski definition) is 0. The lowest BCUT2D eigenvalue weighted by Gasteiger charge is -2.07. The Labute approximate surface area is 95.9 Å². The van der Waals surface area contributed by atoms with Gasteiger partial charge >= 0.3 is 0 Å². The lowest BCUT2D eigenvalue weighted by Crippen LogP contribution is -1.89. The minimum Gasteiger partial charge on any atom is -0.439 e. The molecule has 82 valence electrons. The van der Waals surface area contributed by atoms with Gasteiger partial charge in [0, 0.05) is 12.3 Å². The van der Waals surface area contributed by atoms with Gasteiger partial charge in [-0.3, -0.25) is 0 Å². The molecule has 0 bridgehead atoms. The summed E-state index contributed by atoms with van der Waals surface area (Å²) in [6.07, 6.45) is 1.72. The predicted octanol–water partition coefficient (Wildman–Crippen LogP) is 4.00. The van der Waals surface area contributed by atoms with Gasteiger partial charge in [-0.05, 0) is 29.7 Å². The van der Waals surface area contributed by atoms with Crippen molar-refractivity contribution in [2.75, 3.05) is 0 Å².